The average Bonchev–Trinajstić information content (AvgIpc) is 2.66. The lowest BCUT2D eigenvalue weighted by atomic mass is 10.0. The molecule has 4 unspecified atom stereocenters. The van der Waals surface area contributed by atoms with E-state index >= 15 is 0 Å². The number of carbonyl (C=O) groups is 4. The van der Waals surface area contributed by atoms with E-state index in [0.29, 0.717) is 18.6 Å². The first-order chi connectivity index (χ1) is 14.4. The number of carboxylic acid groups (broad SMARTS) is 1. The fraction of sp³-hybridized carbons (Fsp3) is 0.800. The SMILES string of the molecule is CSCCC(NC(=O)C(CS)NC(=O)C(CC(C)C)NC(=O)C(N)CC(C)C)C(=O)O. The highest BCUT2D eigenvalue weighted by molar-refractivity contribution is 7.98. The molecule has 0 aliphatic carbocycles. The van der Waals surface area contributed by atoms with Gasteiger partial charge in [-0.1, -0.05) is 27.7 Å². The first-order valence-electron chi connectivity index (χ1n) is 10.4. The van der Waals surface area contributed by atoms with Crippen molar-refractivity contribution in [1.29, 1.82) is 0 Å². The van der Waals surface area contributed by atoms with E-state index < -0.39 is 47.9 Å². The quantitative estimate of drug-likeness (QED) is 0.189. The van der Waals surface area contributed by atoms with Crippen LogP contribution in [0.5, 0.6) is 0 Å². The molecule has 0 fully saturated rings. The second kappa shape index (κ2) is 15.4. The van der Waals surface area contributed by atoms with E-state index in [1.807, 2.05) is 34.0 Å². The summed E-state index contributed by atoms with van der Waals surface area (Å²) in [5, 5.41) is 17.0. The largest absolute Gasteiger partial charge is 0.480 e. The molecule has 31 heavy (non-hydrogen) atoms. The molecule has 0 aliphatic rings. The molecule has 4 atom stereocenters. The van der Waals surface area contributed by atoms with Crippen molar-refractivity contribution < 1.29 is 24.3 Å². The van der Waals surface area contributed by atoms with Gasteiger partial charge in [0.05, 0.1) is 6.04 Å². The minimum Gasteiger partial charge on any atom is -0.480 e. The van der Waals surface area contributed by atoms with Crippen molar-refractivity contribution in [2.24, 2.45) is 17.6 Å². The lowest BCUT2D eigenvalue weighted by molar-refractivity contribution is -0.142. The molecule has 6 N–H and O–H groups in total. The fourth-order valence-corrected chi connectivity index (χ4v) is 3.56. The van der Waals surface area contributed by atoms with Crippen LogP contribution in [0.4, 0.5) is 0 Å². The van der Waals surface area contributed by atoms with E-state index in [0.717, 1.165) is 0 Å². The van der Waals surface area contributed by atoms with Crippen LogP contribution in [0.3, 0.4) is 0 Å². The number of carbonyl (C=O) groups excluding carboxylic acids is 3. The highest BCUT2D eigenvalue weighted by Crippen LogP contribution is 2.08. The molecule has 0 aromatic rings. The second-order valence-corrected chi connectivity index (χ2v) is 9.70. The third kappa shape index (κ3) is 12.2. The van der Waals surface area contributed by atoms with Gasteiger partial charge in [0.1, 0.15) is 18.1 Å². The zero-order valence-corrected chi connectivity index (χ0v) is 20.7. The maximum absolute atomic E-state index is 12.8. The number of nitrogens with one attached hydrogen (secondary N) is 3. The third-order valence-corrected chi connectivity index (χ3v) is 5.45. The van der Waals surface area contributed by atoms with Gasteiger partial charge in [0.15, 0.2) is 0 Å². The summed E-state index contributed by atoms with van der Waals surface area (Å²) >= 11 is 5.59. The smallest absolute Gasteiger partial charge is 0.326 e. The number of nitrogens with two attached hydrogens (primary N) is 1. The van der Waals surface area contributed by atoms with Crippen LogP contribution >= 0.6 is 24.4 Å². The number of hydrogen-bond acceptors (Lipinski definition) is 7. The van der Waals surface area contributed by atoms with Crippen LogP contribution in [0.2, 0.25) is 0 Å². The summed E-state index contributed by atoms with van der Waals surface area (Å²) in [6.07, 6.45) is 2.94. The first-order valence-corrected chi connectivity index (χ1v) is 12.4. The number of rotatable bonds is 15. The van der Waals surface area contributed by atoms with Crippen molar-refractivity contribution in [3.8, 4) is 0 Å². The minimum atomic E-state index is -1.14. The monoisotopic (exact) mass is 478 g/mol. The fourth-order valence-electron chi connectivity index (χ4n) is 2.83. The maximum Gasteiger partial charge on any atom is 0.326 e. The molecule has 0 aromatic heterocycles. The summed E-state index contributed by atoms with van der Waals surface area (Å²) < 4.78 is 0. The minimum absolute atomic E-state index is 0.0261. The molecule has 0 saturated carbocycles. The molecule has 0 aromatic carbocycles. The van der Waals surface area contributed by atoms with E-state index in [1.54, 1.807) is 0 Å². The summed E-state index contributed by atoms with van der Waals surface area (Å²) in [5.41, 5.74) is 5.92. The predicted molar refractivity (Wildman–Crippen MR) is 127 cm³/mol. The summed E-state index contributed by atoms with van der Waals surface area (Å²) in [4.78, 5) is 49.1. The number of hydrogen-bond donors (Lipinski definition) is 6. The van der Waals surface area contributed by atoms with Crippen LogP contribution in [0.25, 0.3) is 0 Å². The number of thiol groups is 1. The molecule has 0 aliphatic heterocycles. The zero-order valence-electron chi connectivity index (χ0n) is 19.0. The van der Waals surface area contributed by atoms with Crippen LogP contribution in [0, 0.1) is 11.8 Å². The van der Waals surface area contributed by atoms with E-state index in [2.05, 4.69) is 28.6 Å². The molecule has 11 heteroatoms. The van der Waals surface area contributed by atoms with Crippen LogP contribution in [0.1, 0.15) is 47.0 Å². The summed E-state index contributed by atoms with van der Waals surface area (Å²) in [6.45, 7) is 7.72. The first kappa shape index (κ1) is 29.5. The van der Waals surface area contributed by atoms with Gasteiger partial charge in [-0.3, -0.25) is 14.4 Å². The molecule has 0 radical (unpaired) electrons. The molecule has 9 nitrogen and oxygen atoms in total. The number of thioether (sulfide) groups is 1. The van der Waals surface area contributed by atoms with Gasteiger partial charge >= 0.3 is 5.97 Å². The van der Waals surface area contributed by atoms with Crippen molar-refractivity contribution >= 4 is 48.1 Å². The lowest BCUT2D eigenvalue weighted by Crippen LogP contribution is -2.58. The molecule has 0 rings (SSSR count). The van der Waals surface area contributed by atoms with Gasteiger partial charge in [0, 0.05) is 5.75 Å². The van der Waals surface area contributed by atoms with Gasteiger partial charge in [0.2, 0.25) is 17.7 Å². The molecular formula is C20H38N4O5S2. The zero-order chi connectivity index (χ0) is 24.1. The van der Waals surface area contributed by atoms with Crippen LogP contribution in [-0.4, -0.2) is 70.7 Å². The van der Waals surface area contributed by atoms with E-state index in [9.17, 15) is 24.3 Å². The van der Waals surface area contributed by atoms with Gasteiger partial charge in [-0.05, 0) is 43.1 Å². The molecule has 0 heterocycles. The van der Waals surface area contributed by atoms with Crippen LogP contribution < -0.4 is 21.7 Å². The second-order valence-electron chi connectivity index (χ2n) is 8.35. The molecule has 180 valence electrons. The van der Waals surface area contributed by atoms with Crippen molar-refractivity contribution in [3.63, 3.8) is 0 Å². The van der Waals surface area contributed by atoms with Crippen LogP contribution in [-0.2, 0) is 19.2 Å². The van der Waals surface area contributed by atoms with Crippen molar-refractivity contribution in [1.82, 2.24) is 16.0 Å². The molecule has 0 saturated heterocycles. The Hall–Kier alpha value is -1.46. The number of amides is 3. The molecule has 0 bridgehead atoms. The Bertz CT molecular complexity index is 604. The Kier molecular flexibility index (Phi) is 14.6. The summed E-state index contributed by atoms with van der Waals surface area (Å²) in [5.74, 6) is -1.88. The summed E-state index contributed by atoms with van der Waals surface area (Å²) in [6, 6.07) is -3.70. The maximum atomic E-state index is 12.8. The van der Waals surface area contributed by atoms with Gasteiger partial charge in [-0.2, -0.15) is 24.4 Å². The molecule has 0 spiro atoms. The van der Waals surface area contributed by atoms with Gasteiger partial charge in [-0.25, -0.2) is 4.79 Å². The van der Waals surface area contributed by atoms with Gasteiger partial charge in [-0.15, -0.1) is 0 Å². The Balaban J connectivity index is 5.19. The average molecular weight is 479 g/mol. The molecule has 3 amide bonds. The third-order valence-electron chi connectivity index (χ3n) is 4.44. The standard InChI is InChI=1S/C20H38N4O5S2/c1-11(2)8-13(21)17(25)23-15(9-12(3)4)18(26)24-16(10-30)19(27)22-14(20(28)29)6-7-31-5/h11-16,30H,6-10,21H2,1-5H3,(H,22,27)(H,23,25)(H,24,26)(H,28,29). The Morgan fingerprint density at radius 1 is 0.871 bits per heavy atom. The summed E-state index contributed by atoms with van der Waals surface area (Å²) in [7, 11) is 0. The van der Waals surface area contributed by atoms with Gasteiger partial charge < -0.3 is 26.8 Å². The highest BCUT2D eigenvalue weighted by atomic mass is 32.2. The van der Waals surface area contributed by atoms with E-state index in [-0.39, 0.29) is 24.0 Å². The molecular weight excluding hydrogens is 440 g/mol. The topological polar surface area (TPSA) is 151 Å². The Morgan fingerprint density at radius 3 is 1.81 bits per heavy atom. The Labute approximate surface area is 194 Å². The van der Waals surface area contributed by atoms with E-state index in [1.165, 1.54) is 11.8 Å². The van der Waals surface area contributed by atoms with Gasteiger partial charge in [0.25, 0.3) is 0 Å². The Morgan fingerprint density at radius 2 is 1.35 bits per heavy atom. The highest BCUT2D eigenvalue weighted by Gasteiger charge is 2.30. The van der Waals surface area contributed by atoms with Crippen molar-refractivity contribution in [2.75, 3.05) is 17.8 Å². The normalized spacial score (nSPS) is 15.1. The number of aliphatic carboxylic acids is 1. The lowest BCUT2D eigenvalue weighted by Gasteiger charge is -2.25. The predicted octanol–water partition coefficient (Wildman–Crippen LogP) is 0.628. The van der Waals surface area contributed by atoms with Crippen LogP contribution in [0.15, 0.2) is 0 Å². The number of carboxylic acids is 1. The van der Waals surface area contributed by atoms with Crippen molar-refractivity contribution in [2.45, 2.75) is 71.1 Å². The van der Waals surface area contributed by atoms with E-state index in [4.69, 9.17) is 5.73 Å². The van der Waals surface area contributed by atoms with Crippen molar-refractivity contribution in [3.05, 3.63) is 0 Å².